The normalized spacial score (nSPS) is 15.7. The van der Waals surface area contributed by atoms with E-state index in [1.807, 2.05) is 0 Å². The molecule has 1 rings (SSSR count). The number of esters is 1. The summed E-state index contributed by atoms with van der Waals surface area (Å²) in [6.07, 6.45) is 1.74. The zero-order valence-electron chi connectivity index (χ0n) is 5.71. The second kappa shape index (κ2) is 3.57. The maximum absolute atomic E-state index is 10.7. The fraction of sp³-hybridized carbons (Fsp3) is 0.667. The predicted octanol–water partition coefficient (Wildman–Crippen LogP) is 1.27. The zero-order valence-corrected chi connectivity index (χ0v) is 6.47. The van der Waals surface area contributed by atoms with Gasteiger partial charge in [0, 0.05) is 11.6 Å². The van der Waals surface area contributed by atoms with E-state index in [9.17, 15) is 9.59 Å². The standard InChI is InChI=1S/C6H7ClO4/c7-6(9)11-3-10-5(8)4-1-2-4/h4H,1-3H2. The van der Waals surface area contributed by atoms with Gasteiger partial charge >= 0.3 is 11.4 Å². The molecule has 0 unspecified atom stereocenters. The van der Waals surface area contributed by atoms with Gasteiger partial charge in [-0.3, -0.25) is 4.79 Å². The molecule has 62 valence electrons. The summed E-state index contributed by atoms with van der Waals surface area (Å²) in [7, 11) is 0. The van der Waals surface area contributed by atoms with Gasteiger partial charge in [0.1, 0.15) is 0 Å². The van der Waals surface area contributed by atoms with Crippen LogP contribution in [0, 0.1) is 5.92 Å². The first-order valence-electron chi connectivity index (χ1n) is 3.19. The van der Waals surface area contributed by atoms with Crippen LogP contribution in [0.3, 0.4) is 0 Å². The number of carbonyl (C=O) groups excluding carboxylic acids is 2. The zero-order chi connectivity index (χ0) is 8.27. The highest BCUT2D eigenvalue weighted by atomic mass is 35.5. The van der Waals surface area contributed by atoms with Crippen LogP contribution < -0.4 is 0 Å². The topological polar surface area (TPSA) is 52.6 Å². The summed E-state index contributed by atoms with van der Waals surface area (Å²) in [5.74, 6) is -0.299. The van der Waals surface area contributed by atoms with Crippen molar-refractivity contribution in [1.29, 1.82) is 0 Å². The molecule has 0 aromatic rings. The molecule has 0 aromatic carbocycles. The lowest BCUT2D eigenvalue weighted by Crippen LogP contribution is -2.10. The van der Waals surface area contributed by atoms with Crippen molar-refractivity contribution in [1.82, 2.24) is 0 Å². The van der Waals surface area contributed by atoms with Crippen molar-refractivity contribution < 1.29 is 19.1 Å². The molecule has 4 nitrogen and oxygen atoms in total. The average Bonchev–Trinajstić information content (AvgIpc) is 2.66. The van der Waals surface area contributed by atoms with Gasteiger partial charge in [-0.25, -0.2) is 4.79 Å². The highest BCUT2D eigenvalue weighted by Crippen LogP contribution is 2.29. The van der Waals surface area contributed by atoms with Gasteiger partial charge in [-0.1, -0.05) is 0 Å². The van der Waals surface area contributed by atoms with E-state index in [2.05, 4.69) is 9.47 Å². The molecule has 11 heavy (non-hydrogen) atoms. The van der Waals surface area contributed by atoms with Crippen LogP contribution >= 0.6 is 11.6 Å². The van der Waals surface area contributed by atoms with E-state index in [-0.39, 0.29) is 18.7 Å². The van der Waals surface area contributed by atoms with Crippen molar-refractivity contribution in [3.05, 3.63) is 0 Å². The summed E-state index contributed by atoms with van der Waals surface area (Å²) >= 11 is 4.80. The second-order valence-corrected chi connectivity index (χ2v) is 2.55. The monoisotopic (exact) mass is 178 g/mol. The van der Waals surface area contributed by atoms with E-state index in [0.717, 1.165) is 12.8 Å². The Kier molecular flexibility index (Phi) is 2.70. The number of hydrogen-bond donors (Lipinski definition) is 0. The lowest BCUT2D eigenvalue weighted by Gasteiger charge is -2.01. The number of hydrogen-bond acceptors (Lipinski definition) is 4. The van der Waals surface area contributed by atoms with Gasteiger partial charge in [0.2, 0.25) is 6.79 Å². The second-order valence-electron chi connectivity index (χ2n) is 2.24. The first-order chi connectivity index (χ1) is 5.20. The summed E-state index contributed by atoms with van der Waals surface area (Å²) in [6, 6.07) is 0. The molecule has 0 bridgehead atoms. The molecule has 1 aliphatic carbocycles. The lowest BCUT2D eigenvalue weighted by atomic mass is 10.4. The number of halogens is 1. The van der Waals surface area contributed by atoms with Gasteiger partial charge in [-0.2, -0.15) is 0 Å². The third kappa shape index (κ3) is 3.23. The van der Waals surface area contributed by atoms with Crippen LogP contribution in [-0.2, 0) is 14.3 Å². The number of rotatable bonds is 3. The first-order valence-corrected chi connectivity index (χ1v) is 3.57. The van der Waals surface area contributed by atoms with Gasteiger partial charge in [-0.15, -0.1) is 0 Å². The van der Waals surface area contributed by atoms with Crippen LogP contribution in [0.2, 0.25) is 0 Å². The molecule has 1 saturated carbocycles. The molecule has 0 amide bonds. The quantitative estimate of drug-likeness (QED) is 0.371. The minimum absolute atomic E-state index is 0.0176. The van der Waals surface area contributed by atoms with Crippen LogP contribution in [0.15, 0.2) is 0 Å². The molecule has 0 atom stereocenters. The Morgan fingerprint density at radius 3 is 2.45 bits per heavy atom. The van der Waals surface area contributed by atoms with Crippen molar-refractivity contribution in [3.63, 3.8) is 0 Å². The lowest BCUT2D eigenvalue weighted by molar-refractivity contribution is -0.152. The van der Waals surface area contributed by atoms with Crippen molar-refractivity contribution in [2.75, 3.05) is 6.79 Å². The summed E-state index contributed by atoms with van der Waals surface area (Å²) in [6.45, 7) is -0.377. The average molecular weight is 179 g/mol. The summed E-state index contributed by atoms with van der Waals surface area (Å²) < 4.78 is 8.68. The Morgan fingerprint density at radius 1 is 1.36 bits per heavy atom. The Morgan fingerprint density at radius 2 is 2.00 bits per heavy atom. The van der Waals surface area contributed by atoms with E-state index in [0.29, 0.717) is 0 Å². The van der Waals surface area contributed by atoms with E-state index in [1.54, 1.807) is 0 Å². The third-order valence-electron chi connectivity index (χ3n) is 1.28. The largest absolute Gasteiger partial charge is 0.428 e. The molecule has 0 saturated heterocycles. The Balaban J connectivity index is 2.02. The van der Waals surface area contributed by atoms with E-state index in [4.69, 9.17) is 11.6 Å². The van der Waals surface area contributed by atoms with Crippen LogP contribution in [0.4, 0.5) is 4.79 Å². The summed E-state index contributed by atoms with van der Waals surface area (Å²) in [4.78, 5) is 20.7. The molecule has 0 N–H and O–H groups in total. The number of ether oxygens (including phenoxy) is 2. The minimum atomic E-state index is -0.964. The molecule has 0 aliphatic heterocycles. The summed E-state index contributed by atoms with van der Waals surface area (Å²) in [5.41, 5.74) is -0.964. The van der Waals surface area contributed by atoms with Gasteiger partial charge in [0.15, 0.2) is 0 Å². The van der Waals surface area contributed by atoms with Gasteiger partial charge in [0.05, 0.1) is 5.92 Å². The maximum atomic E-state index is 10.7. The highest BCUT2D eigenvalue weighted by molar-refractivity contribution is 6.61. The molecule has 0 radical (unpaired) electrons. The fourth-order valence-corrected chi connectivity index (χ4v) is 0.615. The predicted molar refractivity (Wildman–Crippen MR) is 36.0 cm³/mol. The van der Waals surface area contributed by atoms with Crippen LogP contribution in [0.5, 0.6) is 0 Å². The molecule has 5 heteroatoms. The molecular weight excluding hydrogens is 172 g/mol. The Labute approximate surface area is 68.4 Å². The van der Waals surface area contributed by atoms with Crippen molar-refractivity contribution in [3.8, 4) is 0 Å². The fourth-order valence-electron chi connectivity index (χ4n) is 0.571. The molecule has 1 fully saturated rings. The molecule has 0 aromatic heterocycles. The third-order valence-corrected chi connectivity index (χ3v) is 1.39. The Bertz CT molecular complexity index is 175. The smallest absolute Gasteiger partial charge is 0.406 e. The Hall–Kier alpha value is -0.770. The van der Waals surface area contributed by atoms with Gasteiger partial charge in [-0.05, 0) is 12.8 Å². The van der Waals surface area contributed by atoms with Crippen LogP contribution in [0.1, 0.15) is 12.8 Å². The van der Waals surface area contributed by atoms with Crippen molar-refractivity contribution in [2.45, 2.75) is 12.8 Å². The molecular formula is C6H7ClO4. The van der Waals surface area contributed by atoms with Crippen LogP contribution in [0.25, 0.3) is 0 Å². The van der Waals surface area contributed by atoms with Crippen LogP contribution in [-0.4, -0.2) is 18.2 Å². The molecule has 1 aliphatic rings. The maximum Gasteiger partial charge on any atom is 0.406 e. The molecule has 0 spiro atoms. The molecule has 0 heterocycles. The summed E-state index contributed by atoms with van der Waals surface area (Å²) in [5, 5.41) is 0. The number of carbonyl (C=O) groups is 2. The SMILES string of the molecule is O=C(Cl)OCOC(=O)C1CC1. The minimum Gasteiger partial charge on any atom is -0.428 e. The highest BCUT2D eigenvalue weighted by Gasteiger charge is 2.31. The van der Waals surface area contributed by atoms with Gasteiger partial charge in [0.25, 0.3) is 0 Å². The first kappa shape index (κ1) is 8.33. The van der Waals surface area contributed by atoms with E-state index in [1.165, 1.54) is 0 Å². The van der Waals surface area contributed by atoms with E-state index < -0.39 is 5.43 Å². The van der Waals surface area contributed by atoms with E-state index >= 15 is 0 Å². The van der Waals surface area contributed by atoms with Gasteiger partial charge < -0.3 is 9.47 Å². The van der Waals surface area contributed by atoms with Crippen molar-refractivity contribution in [2.24, 2.45) is 5.92 Å². The van der Waals surface area contributed by atoms with Crippen molar-refractivity contribution >= 4 is 23.0 Å².